The summed E-state index contributed by atoms with van der Waals surface area (Å²) in [5.41, 5.74) is 0.983. The lowest BCUT2D eigenvalue weighted by molar-refractivity contribution is 0.0695. The quantitative estimate of drug-likeness (QED) is 0.873. The van der Waals surface area contributed by atoms with Crippen LogP contribution < -0.4 is 10.1 Å². The Hall–Kier alpha value is -0.770. The van der Waals surface area contributed by atoms with E-state index in [2.05, 4.69) is 5.32 Å². The van der Waals surface area contributed by atoms with Crippen molar-refractivity contribution in [2.24, 2.45) is 5.92 Å². The van der Waals surface area contributed by atoms with E-state index in [-0.39, 0.29) is 6.10 Å². The number of hydrogen-bond donors (Lipinski definition) is 2. The van der Waals surface area contributed by atoms with Crippen LogP contribution in [0.25, 0.3) is 0 Å². The summed E-state index contributed by atoms with van der Waals surface area (Å²) in [6, 6.07) is 5.67. The van der Waals surface area contributed by atoms with Crippen LogP contribution in [0.5, 0.6) is 5.75 Å². The fourth-order valence-electron chi connectivity index (χ4n) is 2.71. The third kappa shape index (κ3) is 3.85. The summed E-state index contributed by atoms with van der Waals surface area (Å²) in [6.45, 7) is 1.50. The predicted octanol–water partition coefficient (Wildman–Crippen LogP) is 2.99. The number of aliphatic hydroxyl groups excluding tert-OH is 1. The van der Waals surface area contributed by atoms with Gasteiger partial charge in [0.15, 0.2) is 0 Å². The van der Waals surface area contributed by atoms with E-state index in [1.165, 1.54) is 6.42 Å². The van der Waals surface area contributed by atoms with Crippen LogP contribution in [-0.2, 0) is 6.54 Å². The molecule has 0 bridgehead atoms. The maximum absolute atomic E-state index is 9.93. The van der Waals surface area contributed by atoms with Crippen LogP contribution >= 0.6 is 11.6 Å². The van der Waals surface area contributed by atoms with Gasteiger partial charge in [-0.15, -0.1) is 0 Å². The van der Waals surface area contributed by atoms with Gasteiger partial charge in [0.1, 0.15) is 5.75 Å². The van der Waals surface area contributed by atoms with E-state index in [4.69, 9.17) is 16.3 Å². The molecule has 0 aliphatic heterocycles. The average molecular weight is 284 g/mol. The highest BCUT2D eigenvalue weighted by Crippen LogP contribution is 2.27. The maximum Gasteiger partial charge on any atom is 0.124 e. The standard InChI is InChI=1S/C15H22ClNO2/c1-19-15-8-4-6-13(16)12(15)10-17-9-11-5-2-3-7-14(11)18/h4,6,8,11,14,17-18H,2-3,5,7,9-10H2,1H3. The molecular formula is C15H22ClNO2. The summed E-state index contributed by atoms with van der Waals surface area (Å²) in [5.74, 6) is 1.17. The van der Waals surface area contributed by atoms with Gasteiger partial charge in [0, 0.05) is 23.7 Å². The van der Waals surface area contributed by atoms with E-state index >= 15 is 0 Å². The summed E-state index contributed by atoms with van der Waals surface area (Å²) in [4.78, 5) is 0. The molecule has 0 radical (unpaired) electrons. The second-order valence-electron chi connectivity index (χ2n) is 5.16. The lowest BCUT2D eigenvalue weighted by atomic mass is 9.86. The van der Waals surface area contributed by atoms with E-state index in [0.29, 0.717) is 12.5 Å². The van der Waals surface area contributed by atoms with Gasteiger partial charge < -0.3 is 15.2 Å². The molecule has 4 heteroatoms. The third-order valence-corrected chi connectivity index (χ3v) is 4.23. The Morgan fingerprint density at radius 3 is 2.89 bits per heavy atom. The largest absolute Gasteiger partial charge is 0.496 e. The molecule has 2 rings (SSSR count). The lowest BCUT2D eigenvalue weighted by Gasteiger charge is -2.27. The zero-order valence-electron chi connectivity index (χ0n) is 11.4. The SMILES string of the molecule is COc1cccc(Cl)c1CNCC1CCCCC1O. The molecule has 0 heterocycles. The Morgan fingerprint density at radius 1 is 1.37 bits per heavy atom. The summed E-state index contributed by atoms with van der Waals surface area (Å²) >= 11 is 6.19. The van der Waals surface area contributed by atoms with Crippen molar-refractivity contribution in [1.29, 1.82) is 0 Å². The predicted molar refractivity (Wildman–Crippen MR) is 77.7 cm³/mol. The van der Waals surface area contributed by atoms with Gasteiger partial charge in [-0.25, -0.2) is 0 Å². The van der Waals surface area contributed by atoms with Crippen LogP contribution in [0.1, 0.15) is 31.2 Å². The van der Waals surface area contributed by atoms with Crippen molar-refractivity contribution in [2.45, 2.75) is 38.3 Å². The fourth-order valence-corrected chi connectivity index (χ4v) is 2.94. The van der Waals surface area contributed by atoms with Crippen LogP contribution in [-0.4, -0.2) is 24.9 Å². The van der Waals surface area contributed by atoms with E-state index in [1.54, 1.807) is 7.11 Å². The highest BCUT2D eigenvalue weighted by molar-refractivity contribution is 6.31. The van der Waals surface area contributed by atoms with Gasteiger partial charge in [-0.1, -0.05) is 30.5 Å². The minimum absolute atomic E-state index is 0.158. The van der Waals surface area contributed by atoms with Crippen LogP contribution in [0.4, 0.5) is 0 Å². The monoisotopic (exact) mass is 283 g/mol. The molecule has 0 amide bonds. The molecule has 19 heavy (non-hydrogen) atoms. The highest BCUT2D eigenvalue weighted by atomic mass is 35.5. The molecule has 2 atom stereocenters. The number of methoxy groups -OCH3 is 1. The van der Waals surface area contributed by atoms with Crippen molar-refractivity contribution in [1.82, 2.24) is 5.32 Å². The summed E-state index contributed by atoms with van der Waals surface area (Å²) < 4.78 is 5.32. The number of nitrogens with one attached hydrogen (secondary N) is 1. The molecule has 0 saturated heterocycles. The summed E-state index contributed by atoms with van der Waals surface area (Å²) in [7, 11) is 1.65. The Labute approximate surface area is 119 Å². The third-order valence-electron chi connectivity index (χ3n) is 3.87. The van der Waals surface area contributed by atoms with Crippen molar-refractivity contribution in [3.05, 3.63) is 28.8 Å². The van der Waals surface area contributed by atoms with Gasteiger partial charge in [-0.2, -0.15) is 0 Å². The summed E-state index contributed by atoms with van der Waals surface area (Å²) in [5, 5.41) is 14.0. The van der Waals surface area contributed by atoms with Gasteiger partial charge >= 0.3 is 0 Å². The first-order valence-electron chi connectivity index (χ1n) is 6.92. The van der Waals surface area contributed by atoms with Gasteiger partial charge in [0.05, 0.1) is 13.2 Å². The maximum atomic E-state index is 9.93. The molecule has 2 unspecified atom stereocenters. The second kappa shape index (κ2) is 7.13. The van der Waals surface area contributed by atoms with Crippen molar-refractivity contribution in [2.75, 3.05) is 13.7 Å². The number of hydrogen-bond acceptors (Lipinski definition) is 3. The van der Waals surface area contributed by atoms with Crippen LogP contribution in [0, 0.1) is 5.92 Å². The first-order chi connectivity index (χ1) is 9.22. The highest BCUT2D eigenvalue weighted by Gasteiger charge is 2.22. The topological polar surface area (TPSA) is 41.5 Å². The molecule has 1 aliphatic carbocycles. The molecule has 0 spiro atoms. The van der Waals surface area contributed by atoms with Crippen molar-refractivity contribution in [3.8, 4) is 5.75 Å². The smallest absolute Gasteiger partial charge is 0.124 e. The number of rotatable bonds is 5. The molecular weight excluding hydrogens is 262 g/mol. The molecule has 0 aromatic heterocycles. The van der Waals surface area contributed by atoms with Gasteiger partial charge in [-0.05, 0) is 30.9 Å². The molecule has 3 nitrogen and oxygen atoms in total. The Morgan fingerprint density at radius 2 is 2.16 bits per heavy atom. The molecule has 106 valence electrons. The van der Waals surface area contributed by atoms with Crippen molar-refractivity contribution >= 4 is 11.6 Å². The van der Waals surface area contributed by atoms with Crippen molar-refractivity contribution < 1.29 is 9.84 Å². The number of ether oxygens (including phenoxy) is 1. The average Bonchev–Trinajstić information content (AvgIpc) is 2.42. The first-order valence-corrected chi connectivity index (χ1v) is 7.30. The van der Waals surface area contributed by atoms with Gasteiger partial charge in [0.25, 0.3) is 0 Å². The van der Waals surface area contributed by atoms with E-state index in [1.807, 2.05) is 18.2 Å². The number of halogens is 1. The zero-order valence-corrected chi connectivity index (χ0v) is 12.1. The molecule has 1 aromatic rings. The Balaban J connectivity index is 1.88. The first kappa shape index (κ1) is 14.6. The summed E-state index contributed by atoms with van der Waals surface area (Å²) in [6.07, 6.45) is 4.25. The molecule has 1 fully saturated rings. The van der Waals surface area contributed by atoms with Crippen LogP contribution in [0.15, 0.2) is 18.2 Å². The molecule has 2 N–H and O–H groups in total. The van der Waals surface area contributed by atoms with Gasteiger partial charge in [0.2, 0.25) is 0 Å². The van der Waals surface area contributed by atoms with Gasteiger partial charge in [-0.3, -0.25) is 0 Å². The number of benzene rings is 1. The van der Waals surface area contributed by atoms with Crippen molar-refractivity contribution in [3.63, 3.8) is 0 Å². The zero-order chi connectivity index (χ0) is 13.7. The second-order valence-corrected chi connectivity index (χ2v) is 5.57. The van der Waals surface area contributed by atoms with E-state index in [9.17, 15) is 5.11 Å². The fraction of sp³-hybridized carbons (Fsp3) is 0.600. The lowest BCUT2D eigenvalue weighted by Crippen LogP contribution is -2.33. The Kier molecular flexibility index (Phi) is 5.49. The molecule has 1 saturated carbocycles. The van der Waals surface area contributed by atoms with E-state index < -0.39 is 0 Å². The Bertz CT molecular complexity index is 411. The number of aliphatic hydroxyl groups is 1. The molecule has 1 aromatic carbocycles. The van der Waals surface area contributed by atoms with Crippen LogP contribution in [0.2, 0.25) is 5.02 Å². The normalized spacial score (nSPS) is 23.3. The minimum Gasteiger partial charge on any atom is -0.496 e. The minimum atomic E-state index is -0.158. The van der Waals surface area contributed by atoms with Crippen LogP contribution in [0.3, 0.4) is 0 Å². The van der Waals surface area contributed by atoms with E-state index in [0.717, 1.165) is 42.1 Å². The molecule has 1 aliphatic rings.